The van der Waals surface area contributed by atoms with Gasteiger partial charge in [0.2, 0.25) is 5.91 Å². The van der Waals surface area contributed by atoms with E-state index in [0.717, 1.165) is 0 Å². The van der Waals surface area contributed by atoms with Gasteiger partial charge in [-0.05, 0) is 12.8 Å². The van der Waals surface area contributed by atoms with E-state index in [1.54, 1.807) is 6.92 Å². The van der Waals surface area contributed by atoms with E-state index in [0.29, 0.717) is 6.54 Å². The minimum absolute atomic E-state index is 0.00620. The third-order valence-electron chi connectivity index (χ3n) is 2.48. The lowest BCUT2D eigenvalue weighted by Gasteiger charge is -2.26. The average Bonchev–Trinajstić information content (AvgIpc) is 2.24. The van der Waals surface area contributed by atoms with Crippen LogP contribution in [0, 0.1) is 11.8 Å². The number of methoxy groups -OCH3 is 1. The summed E-state index contributed by atoms with van der Waals surface area (Å²) in [6.45, 7) is 5.87. The van der Waals surface area contributed by atoms with Crippen LogP contribution < -0.4 is 5.73 Å². The zero-order valence-electron chi connectivity index (χ0n) is 10.7. The quantitative estimate of drug-likeness (QED) is 0.558. The van der Waals surface area contributed by atoms with Crippen molar-refractivity contribution >= 4 is 29.1 Å². The fraction of sp³-hybridized carbons (Fsp3) is 0.727. The SMILES string of the molecule is CCN(CC(=O)OC)C(=O)C(C(N)=S)C(C)C. The Bertz CT molecular complexity index is 305. The molecule has 0 bridgehead atoms. The van der Waals surface area contributed by atoms with E-state index in [-0.39, 0.29) is 23.4 Å². The van der Waals surface area contributed by atoms with E-state index in [2.05, 4.69) is 4.74 Å². The van der Waals surface area contributed by atoms with E-state index >= 15 is 0 Å². The highest BCUT2D eigenvalue weighted by atomic mass is 32.1. The number of hydrogen-bond donors (Lipinski definition) is 1. The standard InChI is InChI=1S/C11H20N2O3S/c1-5-13(6-8(14)16-4)11(15)9(7(2)3)10(12)17/h7,9H,5-6H2,1-4H3,(H2,12,17). The number of likely N-dealkylation sites (N-methyl/N-ethyl adjacent to an activating group) is 1. The maximum atomic E-state index is 12.2. The third kappa shape index (κ3) is 4.68. The molecule has 1 atom stereocenters. The number of carbonyl (C=O) groups is 2. The Morgan fingerprint density at radius 1 is 1.41 bits per heavy atom. The highest BCUT2D eigenvalue weighted by molar-refractivity contribution is 7.80. The Morgan fingerprint density at radius 2 is 1.94 bits per heavy atom. The van der Waals surface area contributed by atoms with Crippen LogP contribution in [0.1, 0.15) is 20.8 Å². The molecule has 0 rings (SSSR count). The number of nitrogens with two attached hydrogens (primary N) is 1. The monoisotopic (exact) mass is 260 g/mol. The summed E-state index contributed by atoms with van der Waals surface area (Å²) in [7, 11) is 1.29. The van der Waals surface area contributed by atoms with Gasteiger partial charge in [-0.1, -0.05) is 26.1 Å². The van der Waals surface area contributed by atoms with Gasteiger partial charge in [-0.2, -0.15) is 0 Å². The van der Waals surface area contributed by atoms with Crippen molar-refractivity contribution in [3.05, 3.63) is 0 Å². The number of hydrogen-bond acceptors (Lipinski definition) is 4. The van der Waals surface area contributed by atoms with Crippen molar-refractivity contribution in [2.45, 2.75) is 20.8 Å². The first-order valence-electron chi connectivity index (χ1n) is 5.50. The Hall–Kier alpha value is -1.17. The maximum Gasteiger partial charge on any atom is 0.325 e. The van der Waals surface area contributed by atoms with Gasteiger partial charge in [-0.15, -0.1) is 0 Å². The predicted octanol–water partition coefficient (Wildman–Crippen LogP) is 0.566. The third-order valence-corrected chi connectivity index (χ3v) is 2.73. The van der Waals surface area contributed by atoms with Crippen molar-refractivity contribution in [3.63, 3.8) is 0 Å². The van der Waals surface area contributed by atoms with Crippen LogP contribution >= 0.6 is 12.2 Å². The molecule has 0 radical (unpaired) electrons. The summed E-state index contributed by atoms with van der Waals surface area (Å²) in [5.74, 6) is -1.20. The summed E-state index contributed by atoms with van der Waals surface area (Å²) < 4.78 is 4.54. The minimum Gasteiger partial charge on any atom is -0.468 e. The molecule has 0 saturated carbocycles. The first-order chi connectivity index (χ1) is 7.84. The number of thiocarbonyl (C=S) groups is 1. The van der Waals surface area contributed by atoms with Gasteiger partial charge in [0.1, 0.15) is 6.54 Å². The second kappa shape index (κ2) is 7.21. The number of amides is 1. The first kappa shape index (κ1) is 15.8. The van der Waals surface area contributed by atoms with E-state index in [4.69, 9.17) is 18.0 Å². The molecule has 0 aliphatic rings. The van der Waals surface area contributed by atoms with Crippen molar-refractivity contribution in [1.82, 2.24) is 4.90 Å². The van der Waals surface area contributed by atoms with Crippen molar-refractivity contribution in [3.8, 4) is 0 Å². The summed E-state index contributed by atoms with van der Waals surface area (Å²) in [4.78, 5) is 24.9. The molecule has 0 aromatic heterocycles. The molecule has 5 nitrogen and oxygen atoms in total. The van der Waals surface area contributed by atoms with E-state index in [1.807, 2.05) is 13.8 Å². The highest BCUT2D eigenvalue weighted by Crippen LogP contribution is 2.15. The Kier molecular flexibility index (Phi) is 6.72. The van der Waals surface area contributed by atoms with Crippen molar-refractivity contribution in [1.29, 1.82) is 0 Å². The Labute approximate surface area is 107 Å². The van der Waals surface area contributed by atoms with Gasteiger partial charge in [0.05, 0.1) is 18.0 Å². The summed E-state index contributed by atoms with van der Waals surface area (Å²) >= 11 is 4.89. The molecule has 6 heteroatoms. The average molecular weight is 260 g/mol. The predicted molar refractivity (Wildman–Crippen MR) is 69.4 cm³/mol. The lowest BCUT2D eigenvalue weighted by atomic mass is 9.94. The van der Waals surface area contributed by atoms with Gasteiger partial charge in [0.25, 0.3) is 0 Å². The molecule has 1 unspecified atom stereocenters. The number of nitrogens with zero attached hydrogens (tertiary/aromatic N) is 1. The largest absolute Gasteiger partial charge is 0.468 e. The van der Waals surface area contributed by atoms with Gasteiger partial charge in [0.15, 0.2) is 0 Å². The van der Waals surface area contributed by atoms with Gasteiger partial charge >= 0.3 is 5.97 Å². The molecular weight excluding hydrogens is 240 g/mol. The van der Waals surface area contributed by atoms with Crippen molar-refractivity contribution < 1.29 is 14.3 Å². The van der Waals surface area contributed by atoms with Crippen LogP contribution in [-0.2, 0) is 14.3 Å². The molecule has 0 fully saturated rings. The van der Waals surface area contributed by atoms with Crippen molar-refractivity contribution in [2.24, 2.45) is 17.6 Å². The fourth-order valence-corrected chi connectivity index (χ4v) is 1.87. The van der Waals surface area contributed by atoms with Crippen LogP contribution in [0.15, 0.2) is 0 Å². The van der Waals surface area contributed by atoms with Crippen LogP contribution in [0.5, 0.6) is 0 Å². The van der Waals surface area contributed by atoms with Crippen LogP contribution in [0.2, 0.25) is 0 Å². The second-order valence-electron chi connectivity index (χ2n) is 4.05. The molecule has 2 N–H and O–H groups in total. The first-order valence-corrected chi connectivity index (χ1v) is 5.90. The molecule has 1 amide bonds. The lowest BCUT2D eigenvalue weighted by Crippen LogP contribution is -2.45. The summed E-state index contributed by atoms with van der Waals surface area (Å²) in [5.41, 5.74) is 5.56. The molecule has 0 aromatic carbocycles. The van der Waals surface area contributed by atoms with Gasteiger partial charge < -0.3 is 15.4 Å². The second-order valence-corrected chi connectivity index (χ2v) is 4.52. The molecule has 98 valence electrons. The zero-order chi connectivity index (χ0) is 13.6. The van der Waals surface area contributed by atoms with Crippen LogP contribution in [-0.4, -0.2) is 42.0 Å². The van der Waals surface area contributed by atoms with E-state index < -0.39 is 11.9 Å². The Balaban J connectivity index is 4.82. The zero-order valence-corrected chi connectivity index (χ0v) is 11.5. The van der Waals surface area contributed by atoms with Gasteiger partial charge in [0, 0.05) is 6.54 Å². The molecule has 0 aromatic rings. The van der Waals surface area contributed by atoms with E-state index in [9.17, 15) is 9.59 Å². The van der Waals surface area contributed by atoms with Gasteiger partial charge in [-0.3, -0.25) is 9.59 Å². The minimum atomic E-state index is -0.533. The number of esters is 1. The number of carbonyl (C=O) groups excluding carboxylic acids is 2. The van der Waals surface area contributed by atoms with Crippen LogP contribution in [0.25, 0.3) is 0 Å². The lowest BCUT2D eigenvalue weighted by molar-refractivity contribution is -0.148. The molecule has 0 heterocycles. The summed E-state index contributed by atoms with van der Waals surface area (Å²) in [6.07, 6.45) is 0. The van der Waals surface area contributed by atoms with E-state index in [1.165, 1.54) is 12.0 Å². The summed E-state index contributed by atoms with van der Waals surface area (Å²) in [5, 5.41) is 0. The molecular formula is C11H20N2O3S. The van der Waals surface area contributed by atoms with Crippen LogP contribution in [0.4, 0.5) is 0 Å². The van der Waals surface area contributed by atoms with Crippen molar-refractivity contribution in [2.75, 3.05) is 20.2 Å². The number of rotatable bonds is 6. The smallest absolute Gasteiger partial charge is 0.325 e. The summed E-state index contributed by atoms with van der Waals surface area (Å²) in [6, 6.07) is 0. The fourth-order valence-electron chi connectivity index (χ4n) is 1.50. The Morgan fingerprint density at radius 3 is 2.24 bits per heavy atom. The van der Waals surface area contributed by atoms with Crippen LogP contribution in [0.3, 0.4) is 0 Å². The molecule has 0 aliphatic heterocycles. The number of ether oxygens (including phenoxy) is 1. The normalized spacial score (nSPS) is 12.1. The topological polar surface area (TPSA) is 72.6 Å². The molecule has 0 saturated heterocycles. The highest BCUT2D eigenvalue weighted by Gasteiger charge is 2.29. The molecule has 0 aliphatic carbocycles. The van der Waals surface area contributed by atoms with Gasteiger partial charge in [-0.25, -0.2) is 0 Å². The molecule has 0 spiro atoms. The molecule has 17 heavy (non-hydrogen) atoms. The maximum absolute atomic E-state index is 12.2.